The third kappa shape index (κ3) is 2.63. The number of aromatic amines is 1. The maximum Gasteiger partial charge on any atom is 0.198 e. The molecule has 2 aromatic heterocycles. The third-order valence-electron chi connectivity index (χ3n) is 10.1. The summed E-state index contributed by atoms with van der Waals surface area (Å²) in [5.74, 6) is 0. The van der Waals surface area contributed by atoms with Crippen LogP contribution in [-0.4, -0.2) is 16.8 Å². The number of nitrogens with zero attached hydrogens (tertiary/aromatic N) is 1. The Labute approximate surface area is 244 Å². The number of hydrogen-bond acceptors (Lipinski definition) is 0. The molecule has 6 aromatic carbocycles. The third-order valence-corrected chi connectivity index (χ3v) is 10.1. The summed E-state index contributed by atoms with van der Waals surface area (Å²) >= 11 is 0. The van der Waals surface area contributed by atoms with E-state index < -0.39 is 0 Å². The molecule has 0 aliphatic carbocycles. The zero-order valence-corrected chi connectivity index (χ0v) is 23.6. The van der Waals surface area contributed by atoms with Gasteiger partial charge < -0.3 is 9.55 Å². The Kier molecular flexibility index (Phi) is 4.11. The number of rotatable bonds is 2. The summed E-state index contributed by atoms with van der Waals surface area (Å²) in [6, 6.07) is 42.9. The maximum absolute atomic E-state index is 3.80. The number of nitrogens with one attached hydrogen (secondary N) is 1. The lowest BCUT2D eigenvalue weighted by atomic mass is 9.57. The molecule has 0 atom stereocenters. The van der Waals surface area contributed by atoms with Crippen molar-refractivity contribution >= 4 is 61.8 Å². The number of aromatic nitrogens is 2. The lowest BCUT2D eigenvalue weighted by Gasteiger charge is -2.37. The second kappa shape index (κ2) is 7.63. The number of para-hydroxylation sites is 4. The van der Waals surface area contributed by atoms with Crippen LogP contribution in [0.3, 0.4) is 0 Å². The second-order valence-electron chi connectivity index (χ2n) is 12.6. The van der Waals surface area contributed by atoms with Crippen LogP contribution in [0.5, 0.6) is 0 Å². The Morgan fingerprint density at radius 1 is 0.619 bits per heavy atom. The summed E-state index contributed by atoms with van der Waals surface area (Å²) in [4.78, 5) is 3.80. The zero-order valence-electron chi connectivity index (χ0n) is 23.6. The number of hydrogen-bond donors (Lipinski definition) is 1. The van der Waals surface area contributed by atoms with E-state index in [0.29, 0.717) is 0 Å². The molecular formula is C39H27BN2. The highest BCUT2D eigenvalue weighted by molar-refractivity contribution is 6.74. The average Bonchev–Trinajstić information content (AvgIpc) is 3.58. The van der Waals surface area contributed by atoms with E-state index in [1.807, 2.05) is 0 Å². The van der Waals surface area contributed by atoms with E-state index in [2.05, 4.69) is 139 Å². The topological polar surface area (TPSA) is 20.7 Å². The molecule has 1 N–H and O–H groups in total. The highest BCUT2D eigenvalue weighted by Gasteiger charge is 2.39. The van der Waals surface area contributed by atoms with Gasteiger partial charge in [0, 0.05) is 49.2 Å². The number of fused-ring (bicyclic) bond motifs is 4. The van der Waals surface area contributed by atoms with Gasteiger partial charge in [-0.3, -0.25) is 0 Å². The molecular weight excluding hydrogens is 507 g/mol. The fourth-order valence-corrected chi connectivity index (χ4v) is 8.26. The van der Waals surface area contributed by atoms with E-state index in [-0.39, 0.29) is 5.41 Å². The molecule has 0 bridgehead atoms. The summed E-state index contributed by atoms with van der Waals surface area (Å²) in [6.07, 6.45) is 0. The van der Waals surface area contributed by atoms with Gasteiger partial charge in [0.25, 0.3) is 0 Å². The van der Waals surface area contributed by atoms with Crippen LogP contribution in [0, 0.1) is 0 Å². The van der Waals surface area contributed by atoms with Crippen LogP contribution in [0.15, 0.2) is 115 Å². The molecule has 0 radical (unpaired) electrons. The Bertz CT molecular complexity index is 2460. The van der Waals surface area contributed by atoms with E-state index in [9.17, 15) is 0 Å². The SMILES string of the molecule is CC1(C)c2cccc3c2-n2c4c1cccc4c1c(-c4ccccc4)cc(-c4cccc5c4[nH]c4ccccc45)c(c12)B3. The van der Waals surface area contributed by atoms with Crippen LogP contribution in [0.4, 0.5) is 0 Å². The summed E-state index contributed by atoms with van der Waals surface area (Å²) in [5.41, 5.74) is 17.3. The van der Waals surface area contributed by atoms with Crippen molar-refractivity contribution < 1.29 is 0 Å². The molecule has 0 amide bonds. The van der Waals surface area contributed by atoms with Gasteiger partial charge in [0.1, 0.15) is 0 Å². The molecule has 8 aromatic rings. The van der Waals surface area contributed by atoms with Crippen molar-refractivity contribution in [1.82, 2.24) is 9.55 Å². The predicted molar refractivity (Wildman–Crippen MR) is 180 cm³/mol. The molecule has 4 heterocycles. The number of H-pyrrole nitrogens is 1. The van der Waals surface area contributed by atoms with E-state index >= 15 is 0 Å². The summed E-state index contributed by atoms with van der Waals surface area (Å²) in [5, 5.41) is 5.28. The molecule has 0 saturated heterocycles. The lowest BCUT2D eigenvalue weighted by Crippen LogP contribution is -2.41. The first-order valence-electron chi connectivity index (χ1n) is 14.9. The van der Waals surface area contributed by atoms with E-state index in [0.717, 1.165) is 7.28 Å². The van der Waals surface area contributed by atoms with Gasteiger partial charge in [-0.1, -0.05) is 122 Å². The van der Waals surface area contributed by atoms with Gasteiger partial charge in [0.05, 0.1) is 11.0 Å². The molecule has 0 unspecified atom stereocenters. The van der Waals surface area contributed by atoms with Crippen LogP contribution in [-0.2, 0) is 5.41 Å². The minimum Gasteiger partial charge on any atom is -0.354 e. The van der Waals surface area contributed by atoms with Crippen molar-refractivity contribution in [3.63, 3.8) is 0 Å². The minimum absolute atomic E-state index is 0.0710. The molecule has 2 aliphatic heterocycles. The van der Waals surface area contributed by atoms with Gasteiger partial charge in [0.15, 0.2) is 7.28 Å². The van der Waals surface area contributed by atoms with Gasteiger partial charge >= 0.3 is 0 Å². The van der Waals surface area contributed by atoms with Gasteiger partial charge in [-0.2, -0.15) is 0 Å². The Morgan fingerprint density at radius 2 is 1.36 bits per heavy atom. The predicted octanol–water partition coefficient (Wildman–Crippen LogP) is 8.09. The molecule has 3 heteroatoms. The standard InChI is InChI=1S/C39H27BN2/c1-39(2)29-17-9-16-26-33-27(22-11-4-3-5-12-22)21-28(25-15-8-14-24-23-13-6-7-20-32(23)41-35(24)25)34-38(33)42(36(26)29)37-30(39)18-10-19-31(37)40-34/h3-21,40-41H,1-2H3. The van der Waals surface area contributed by atoms with Gasteiger partial charge in [0.2, 0.25) is 0 Å². The normalized spacial score (nSPS) is 14.3. The Balaban J connectivity index is 1.45. The molecule has 2 nitrogen and oxygen atoms in total. The van der Waals surface area contributed by atoms with Crippen molar-refractivity contribution in [3.05, 3.63) is 126 Å². The summed E-state index contributed by atoms with van der Waals surface area (Å²) in [6.45, 7) is 4.79. The zero-order chi connectivity index (χ0) is 27.7. The first-order chi connectivity index (χ1) is 20.6. The Morgan fingerprint density at radius 3 is 2.26 bits per heavy atom. The van der Waals surface area contributed by atoms with Crippen molar-refractivity contribution in [1.29, 1.82) is 0 Å². The maximum atomic E-state index is 3.80. The van der Waals surface area contributed by atoms with Crippen LogP contribution in [0.2, 0.25) is 0 Å². The van der Waals surface area contributed by atoms with Gasteiger partial charge in [-0.05, 0) is 45.4 Å². The number of benzene rings is 6. The largest absolute Gasteiger partial charge is 0.354 e. The first-order valence-corrected chi connectivity index (χ1v) is 14.9. The van der Waals surface area contributed by atoms with Crippen LogP contribution in [0.1, 0.15) is 25.0 Å². The molecule has 10 rings (SSSR count). The second-order valence-corrected chi connectivity index (χ2v) is 12.6. The van der Waals surface area contributed by atoms with Gasteiger partial charge in [-0.25, -0.2) is 0 Å². The van der Waals surface area contributed by atoms with E-state index in [4.69, 9.17) is 0 Å². The monoisotopic (exact) mass is 534 g/mol. The van der Waals surface area contributed by atoms with Gasteiger partial charge in [-0.15, -0.1) is 0 Å². The Hall–Kier alpha value is -5.02. The lowest BCUT2D eigenvalue weighted by molar-refractivity contribution is 0.631. The highest BCUT2D eigenvalue weighted by atomic mass is 15.0. The quantitative estimate of drug-likeness (QED) is 0.217. The van der Waals surface area contributed by atoms with Crippen molar-refractivity contribution in [2.75, 3.05) is 0 Å². The van der Waals surface area contributed by atoms with Crippen molar-refractivity contribution in [3.8, 4) is 27.9 Å². The summed E-state index contributed by atoms with van der Waals surface area (Å²) < 4.78 is 2.63. The van der Waals surface area contributed by atoms with E-state index in [1.165, 1.54) is 93.6 Å². The van der Waals surface area contributed by atoms with E-state index in [1.54, 1.807) is 0 Å². The van der Waals surface area contributed by atoms with Crippen LogP contribution < -0.4 is 10.9 Å². The molecule has 196 valence electrons. The minimum atomic E-state index is -0.0710. The fourth-order valence-electron chi connectivity index (χ4n) is 8.26. The smallest absolute Gasteiger partial charge is 0.198 e. The molecule has 0 saturated carbocycles. The fraction of sp³-hybridized carbons (Fsp3) is 0.0769. The molecule has 42 heavy (non-hydrogen) atoms. The molecule has 0 fully saturated rings. The summed E-state index contributed by atoms with van der Waals surface area (Å²) in [7, 11) is 0.919. The first kappa shape index (κ1) is 22.6. The van der Waals surface area contributed by atoms with Crippen LogP contribution in [0.25, 0.3) is 71.6 Å². The molecule has 2 aliphatic rings. The molecule has 0 spiro atoms. The van der Waals surface area contributed by atoms with Crippen LogP contribution >= 0.6 is 0 Å². The van der Waals surface area contributed by atoms with Crippen molar-refractivity contribution in [2.24, 2.45) is 0 Å². The highest BCUT2D eigenvalue weighted by Crippen LogP contribution is 2.50. The average molecular weight is 534 g/mol. The van der Waals surface area contributed by atoms with Crippen molar-refractivity contribution in [2.45, 2.75) is 19.3 Å².